The molecule has 0 unspecified atom stereocenters. The Morgan fingerprint density at radius 2 is 0.821 bits per heavy atom. The van der Waals surface area contributed by atoms with Gasteiger partial charge in [-0.2, -0.15) is 0 Å². The van der Waals surface area contributed by atoms with E-state index in [2.05, 4.69) is 109 Å². The second-order valence-electron chi connectivity index (χ2n) is 7.28. The van der Waals surface area contributed by atoms with Gasteiger partial charge in [0.15, 0.2) is 0 Å². The lowest BCUT2D eigenvalue weighted by atomic mass is 9.73. The molecule has 28 heavy (non-hydrogen) atoms. The van der Waals surface area contributed by atoms with Crippen molar-refractivity contribution in [1.29, 1.82) is 0 Å². The molecule has 2 N–H and O–H groups in total. The summed E-state index contributed by atoms with van der Waals surface area (Å²) in [6.07, 6.45) is 0.787. The lowest BCUT2D eigenvalue weighted by molar-refractivity contribution is 0.461. The molecule has 0 spiro atoms. The average molecular weight is 364 g/mol. The van der Waals surface area contributed by atoms with Crippen LogP contribution in [-0.2, 0) is 5.54 Å². The molecule has 4 rings (SSSR count). The SMILES string of the molecule is NC(CC(c1ccccc1)c1ccccc1)(c1ccccc1)c1ccccc1. The third-order valence-electron chi connectivity index (χ3n) is 5.51. The molecular formula is C27H25N. The molecular weight excluding hydrogens is 338 g/mol. The van der Waals surface area contributed by atoms with Crippen molar-refractivity contribution in [3.63, 3.8) is 0 Å². The highest BCUT2D eigenvalue weighted by Crippen LogP contribution is 2.39. The first-order valence-corrected chi connectivity index (χ1v) is 9.77. The van der Waals surface area contributed by atoms with E-state index in [9.17, 15) is 0 Å². The highest BCUT2D eigenvalue weighted by Gasteiger charge is 2.33. The summed E-state index contributed by atoms with van der Waals surface area (Å²) in [7, 11) is 0. The predicted molar refractivity (Wildman–Crippen MR) is 117 cm³/mol. The minimum Gasteiger partial charge on any atom is -0.318 e. The maximum atomic E-state index is 7.22. The summed E-state index contributed by atoms with van der Waals surface area (Å²) in [4.78, 5) is 0. The van der Waals surface area contributed by atoms with Crippen molar-refractivity contribution in [3.05, 3.63) is 144 Å². The number of hydrogen-bond donors (Lipinski definition) is 1. The monoisotopic (exact) mass is 363 g/mol. The van der Waals surface area contributed by atoms with Gasteiger partial charge < -0.3 is 5.73 Å². The average Bonchev–Trinajstić information content (AvgIpc) is 2.80. The molecule has 138 valence electrons. The van der Waals surface area contributed by atoms with Crippen LogP contribution in [0.5, 0.6) is 0 Å². The van der Waals surface area contributed by atoms with Crippen LogP contribution in [0.2, 0.25) is 0 Å². The Morgan fingerprint density at radius 1 is 0.500 bits per heavy atom. The lowest BCUT2D eigenvalue weighted by Gasteiger charge is -2.35. The smallest absolute Gasteiger partial charge is 0.0674 e. The zero-order chi connectivity index (χ0) is 19.2. The van der Waals surface area contributed by atoms with Crippen LogP contribution in [0, 0.1) is 0 Å². The predicted octanol–water partition coefficient (Wildman–Crippen LogP) is 6.11. The van der Waals surface area contributed by atoms with Crippen LogP contribution >= 0.6 is 0 Å². The second-order valence-corrected chi connectivity index (χ2v) is 7.28. The van der Waals surface area contributed by atoms with Gasteiger partial charge in [0.25, 0.3) is 0 Å². The van der Waals surface area contributed by atoms with Gasteiger partial charge in [0.05, 0.1) is 5.54 Å². The van der Waals surface area contributed by atoms with E-state index in [-0.39, 0.29) is 5.92 Å². The zero-order valence-corrected chi connectivity index (χ0v) is 15.9. The Labute approximate surface area is 167 Å². The van der Waals surface area contributed by atoms with Crippen LogP contribution in [0.25, 0.3) is 0 Å². The van der Waals surface area contributed by atoms with E-state index in [4.69, 9.17) is 5.73 Å². The largest absolute Gasteiger partial charge is 0.318 e. The van der Waals surface area contributed by atoms with Crippen LogP contribution < -0.4 is 5.73 Å². The van der Waals surface area contributed by atoms with Crippen LogP contribution in [0.1, 0.15) is 34.6 Å². The summed E-state index contributed by atoms with van der Waals surface area (Å²) in [6.45, 7) is 0. The number of benzene rings is 4. The Hall–Kier alpha value is -3.16. The van der Waals surface area contributed by atoms with Crippen molar-refractivity contribution >= 4 is 0 Å². The van der Waals surface area contributed by atoms with Crippen molar-refractivity contribution in [2.75, 3.05) is 0 Å². The summed E-state index contributed by atoms with van der Waals surface area (Å²) in [5, 5.41) is 0. The number of nitrogens with two attached hydrogens (primary N) is 1. The molecule has 0 amide bonds. The van der Waals surface area contributed by atoms with Crippen molar-refractivity contribution < 1.29 is 0 Å². The Kier molecular flexibility index (Phi) is 5.36. The highest BCUT2D eigenvalue weighted by atomic mass is 14.7. The molecule has 1 nitrogen and oxygen atoms in total. The van der Waals surface area contributed by atoms with Gasteiger partial charge in [0.2, 0.25) is 0 Å². The maximum absolute atomic E-state index is 7.22. The van der Waals surface area contributed by atoms with Gasteiger partial charge >= 0.3 is 0 Å². The van der Waals surface area contributed by atoms with Crippen LogP contribution in [0.4, 0.5) is 0 Å². The molecule has 0 radical (unpaired) electrons. The quantitative estimate of drug-likeness (QED) is 0.439. The third-order valence-corrected chi connectivity index (χ3v) is 5.51. The van der Waals surface area contributed by atoms with Gasteiger partial charge in [0, 0.05) is 5.92 Å². The molecule has 0 heterocycles. The molecule has 0 saturated heterocycles. The van der Waals surface area contributed by atoms with E-state index in [1.165, 1.54) is 11.1 Å². The minimum absolute atomic E-state index is 0.202. The number of hydrogen-bond acceptors (Lipinski definition) is 1. The summed E-state index contributed by atoms with van der Waals surface area (Å²) in [5.74, 6) is 0.202. The number of rotatable bonds is 6. The molecule has 0 saturated carbocycles. The minimum atomic E-state index is -0.584. The van der Waals surface area contributed by atoms with Crippen molar-refractivity contribution in [3.8, 4) is 0 Å². The van der Waals surface area contributed by atoms with Crippen molar-refractivity contribution in [2.45, 2.75) is 17.9 Å². The van der Waals surface area contributed by atoms with Crippen LogP contribution in [0.3, 0.4) is 0 Å². The molecule has 0 aliphatic carbocycles. The Balaban J connectivity index is 1.84. The molecule has 1 heteroatoms. The zero-order valence-electron chi connectivity index (χ0n) is 15.9. The lowest BCUT2D eigenvalue weighted by Crippen LogP contribution is -2.39. The van der Waals surface area contributed by atoms with E-state index in [0.29, 0.717) is 0 Å². The van der Waals surface area contributed by atoms with Gasteiger partial charge in [-0.15, -0.1) is 0 Å². The molecule has 0 bridgehead atoms. The van der Waals surface area contributed by atoms with Crippen molar-refractivity contribution in [1.82, 2.24) is 0 Å². The first-order chi connectivity index (χ1) is 13.8. The second kappa shape index (κ2) is 8.24. The highest BCUT2D eigenvalue weighted by molar-refractivity contribution is 5.41. The summed E-state index contributed by atoms with van der Waals surface area (Å²) >= 11 is 0. The molecule has 0 fully saturated rings. The maximum Gasteiger partial charge on any atom is 0.0674 e. The van der Waals surface area contributed by atoms with Crippen molar-refractivity contribution in [2.24, 2.45) is 5.73 Å². The topological polar surface area (TPSA) is 26.0 Å². The Bertz CT molecular complexity index is 900. The first kappa shape index (κ1) is 18.2. The van der Waals surface area contributed by atoms with E-state index < -0.39 is 5.54 Å². The van der Waals surface area contributed by atoms with Gasteiger partial charge in [-0.05, 0) is 28.7 Å². The van der Waals surface area contributed by atoms with Gasteiger partial charge in [-0.1, -0.05) is 121 Å². The summed E-state index contributed by atoms with van der Waals surface area (Å²) in [5.41, 5.74) is 11.5. The fourth-order valence-electron chi connectivity index (χ4n) is 3.99. The summed E-state index contributed by atoms with van der Waals surface area (Å²) in [6, 6.07) is 42.3. The normalized spacial score (nSPS) is 11.5. The standard InChI is InChI=1S/C27H25N/c28-27(24-17-9-3-10-18-24,25-19-11-4-12-20-25)21-26(22-13-5-1-6-14-22)23-15-7-2-8-16-23/h1-20,26H,21,28H2. The first-order valence-electron chi connectivity index (χ1n) is 9.77. The van der Waals surface area contributed by atoms with E-state index in [1.807, 2.05) is 12.1 Å². The van der Waals surface area contributed by atoms with Gasteiger partial charge in [0.1, 0.15) is 0 Å². The molecule has 0 aliphatic rings. The van der Waals surface area contributed by atoms with Crippen LogP contribution in [0.15, 0.2) is 121 Å². The molecule has 0 atom stereocenters. The van der Waals surface area contributed by atoms with E-state index >= 15 is 0 Å². The molecule has 0 aromatic heterocycles. The van der Waals surface area contributed by atoms with Gasteiger partial charge in [-0.25, -0.2) is 0 Å². The summed E-state index contributed by atoms with van der Waals surface area (Å²) < 4.78 is 0. The molecule has 4 aromatic carbocycles. The molecule has 4 aromatic rings. The van der Waals surface area contributed by atoms with E-state index in [0.717, 1.165) is 17.5 Å². The third kappa shape index (κ3) is 3.76. The fraction of sp³-hybridized carbons (Fsp3) is 0.111. The fourth-order valence-corrected chi connectivity index (χ4v) is 3.99. The van der Waals surface area contributed by atoms with Gasteiger partial charge in [-0.3, -0.25) is 0 Å². The molecule has 0 aliphatic heterocycles. The van der Waals surface area contributed by atoms with Crippen LogP contribution in [-0.4, -0.2) is 0 Å². The van der Waals surface area contributed by atoms with E-state index in [1.54, 1.807) is 0 Å². The Morgan fingerprint density at radius 3 is 1.18 bits per heavy atom.